The van der Waals surface area contributed by atoms with E-state index >= 15 is 0 Å². The quantitative estimate of drug-likeness (QED) is 0.706. The van der Waals surface area contributed by atoms with E-state index in [1.54, 1.807) is 0 Å². The number of hydrogen-bond donors (Lipinski definition) is 0. The van der Waals surface area contributed by atoms with Gasteiger partial charge in [-0.05, 0) is 43.4 Å². The molecule has 4 rings (SSSR count). The zero-order valence-electron chi connectivity index (χ0n) is 15.4. The zero-order chi connectivity index (χ0) is 18.1. The molecule has 1 saturated heterocycles. The summed E-state index contributed by atoms with van der Waals surface area (Å²) in [7, 11) is 0. The molecule has 2 aromatic rings. The molecule has 1 aliphatic heterocycles. The molecule has 0 bridgehead atoms. The Morgan fingerprint density at radius 3 is 2.73 bits per heavy atom. The van der Waals surface area contributed by atoms with Gasteiger partial charge in [0.25, 0.3) is 0 Å². The summed E-state index contributed by atoms with van der Waals surface area (Å²) >= 11 is 1.84. The number of thioether (sulfide) groups is 1. The molecule has 1 aromatic heterocycles. The Labute approximate surface area is 158 Å². The SMILES string of the molecule is CC(C)Sc1ccc(CC(=O)N2CCCC2c2nc(C3CC3)no2)cc1. The summed E-state index contributed by atoms with van der Waals surface area (Å²) < 4.78 is 5.48. The molecule has 0 N–H and O–H groups in total. The summed E-state index contributed by atoms with van der Waals surface area (Å²) in [5.74, 6) is 2.04. The topological polar surface area (TPSA) is 59.2 Å². The van der Waals surface area contributed by atoms with Crippen LogP contribution in [0.25, 0.3) is 0 Å². The first kappa shape index (κ1) is 17.6. The number of hydrogen-bond acceptors (Lipinski definition) is 5. The smallest absolute Gasteiger partial charge is 0.249 e. The molecule has 6 heteroatoms. The van der Waals surface area contributed by atoms with Crippen LogP contribution in [0.3, 0.4) is 0 Å². The van der Waals surface area contributed by atoms with Crippen LogP contribution < -0.4 is 0 Å². The van der Waals surface area contributed by atoms with Crippen molar-refractivity contribution in [2.45, 2.75) is 68.1 Å². The third-order valence-corrected chi connectivity index (χ3v) is 5.92. The van der Waals surface area contributed by atoms with Crippen molar-refractivity contribution >= 4 is 17.7 Å². The van der Waals surface area contributed by atoms with Gasteiger partial charge in [-0.15, -0.1) is 11.8 Å². The number of aromatic nitrogens is 2. The lowest BCUT2D eigenvalue weighted by molar-refractivity contribution is -0.131. The van der Waals surface area contributed by atoms with Crippen molar-refractivity contribution in [3.8, 4) is 0 Å². The summed E-state index contributed by atoms with van der Waals surface area (Å²) in [6.07, 6.45) is 4.62. The average Bonchev–Trinajstić information content (AvgIpc) is 3.15. The van der Waals surface area contributed by atoms with Crippen LogP contribution in [0, 0.1) is 0 Å². The van der Waals surface area contributed by atoms with Crippen LogP contribution >= 0.6 is 11.8 Å². The number of likely N-dealkylation sites (tertiary alicyclic amines) is 1. The monoisotopic (exact) mass is 371 g/mol. The first-order chi connectivity index (χ1) is 12.6. The lowest BCUT2D eigenvalue weighted by Crippen LogP contribution is -2.32. The molecule has 1 atom stereocenters. The van der Waals surface area contributed by atoms with Crippen molar-refractivity contribution in [2.75, 3.05) is 6.54 Å². The first-order valence-corrected chi connectivity index (χ1v) is 10.4. The molecule has 5 nitrogen and oxygen atoms in total. The van der Waals surface area contributed by atoms with Crippen LogP contribution in [0.5, 0.6) is 0 Å². The minimum atomic E-state index is -0.0572. The Hall–Kier alpha value is -1.82. The second-order valence-corrected chi connectivity index (χ2v) is 9.15. The Balaban J connectivity index is 1.41. The van der Waals surface area contributed by atoms with Crippen LogP contribution in [-0.4, -0.2) is 32.7 Å². The molecule has 1 amide bonds. The Morgan fingerprint density at radius 2 is 2.04 bits per heavy atom. The van der Waals surface area contributed by atoms with Gasteiger partial charge in [0.2, 0.25) is 11.8 Å². The molecule has 1 aromatic carbocycles. The molecule has 138 valence electrons. The number of amides is 1. The zero-order valence-corrected chi connectivity index (χ0v) is 16.2. The lowest BCUT2D eigenvalue weighted by Gasteiger charge is -2.22. The minimum absolute atomic E-state index is 0.0572. The van der Waals surface area contributed by atoms with Crippen LogP contribution in [0.1, 0.15) is 68.8 Å². The molecule has 0 radical (unpaired) electrons. The van der Waals surface area contributed by atoms with Crippen LogP contribution in [-0.2, 0) is 11.2 Å². The molecule has 0 spiro atoms. The normalized spacial score (nSPS) is 20.1. The van der Waals surface area contributed by atoms with E-state index in [0.29, 0.717) is 23.5 Å². The van der Waals surface area contributed by atoms with E-state index in [9.17, 15) is 4.79 Å². The highest BCUT2D eigenvalue weighted by Crippen LogP contribution is 2.39. The molecule has 2 fully saturated rings. The highest BCUT2D eigenvalue weighted by Gasteiger charge is 2.36. The number of carbonyl (C=O) groups is 1. The van der Waals surface area contributed by atoms with Gasteiger partial charge in [-0.1, -0.05) is 31.1 Å². The summed E-state index contributed by atoms with van der Waals surface area (Å²) in [5, 5.41) is 4.67. The van der Waals surface area contributed by atoms with Crippen LogP contribution in [0.4, 0.5) is 0 Å². The van der Waals surface area contributed by atoms with Crippen molar-refractivity contribution in [2.24, 2.45) is 0 Å². The molecular formula is C20H25N3O2S. The maximum Gasteiger partial charge on any atom is 0.249 e. The molecule has 1 saturated carbocycles. The van der Waals surface area contributed by atoms with E-state index in [-0.39, 0.29) is 11.9 Å². The number of rotatable bonds is 6. The van der Waals surface area contributed by atoms with Gasteiger partial charge in [-0.25, -0.2) is 0 Å². The van der Waals surface area contributed by atoms with E-state index in [4.69, 9.17) is 4.52 Å². The van der Waals surface area contributed by atoms with Gasteiger partial charge in [0, 0.05) is 22.6 Å². The fraction of sp³-hybridized carbons (Fsp3) is 0.550. The molecular weight excluding hydrogens is 346 g/mol. The van der Waals surface area contributed by atoms with Crippen molar-refractivity contribution in [3.05, 3.63) is 41.5 Å². The van der Waals surface area contributed by atoms with Crippen molar-refractivity contribution < 1.29 is 9.32 Å². The van der Waals surface area contributed by atoms with Crippen molar-refractivity contribution in [3.63, 3.8) is 0 Å². The maximum absolute atomic E-state index is 12.8. The van der Waals surface area contributed by atoms with Gasteiger partial charge in [-0.2, -0.15) is 4.98 Å². The molecule has 1 unspecified atom stereocenters. The second-order valence-electron chi connectivity index (χ2n) is 7.50. The van der Waals surface area contributed by atoms with Crippen molar-refractivity contribution in [1.82, 2.24) is 15.0 Å². The Bertz CT molecular complexity index is 768. The summed E-state index contributed by atoms with van der Waals surface area (Å²) in [6.45, 7) is 5.13. The summed E-state index contributed by atoms with van der Waals surface area (Å²) in [6, 6.07) is 8.28. The predicted molar refractivity (Wildman–Crippen MR) is 101 cm³/mol. The lowest BCUT2D eigenvalue weighted by atomic mass is 10.1. The Kier molecular flexibility index (Phi) is 5.02. The summed E-state index contributed by atoms with van der Waals surface area (Å²) in [5.41, 5.74) is 1.05. The fourth-order valence-electron chi connectivity index (χ4n) is 3.45. The number of nitrogens with zero attached hydrogens (tertiary/aromatic N) is 3. The van der Waals surface area contributed by atoms with Gasteiger partial charge in [0.05, 0.1) is 6.42 Å². The third kappa shape index (κ3) is 3.95. The van der Waals surface area contributed by atoms with Gasteiger partial charge in [0.15, 0.2) is 5.82 Å². The van der Waals surface area contributed by atoms with E-state index < -0.39 is 0 Å². The first-order valence-electron chi connectivity index (χ1n) is 9.48. The van der Waals surface area contributed by atoms with Gasteiger partial charge in [0.1, 0.15) is 6.04 Å². The fourth-order valence-corrected chi connectivity index (χ4v) is 4.28. The van der Waals surface area contributed by atoms with Gasteiger partial charge in [-0.3, -0.25) is 4.79 Å². The highest BCUT2D eigenvalue weighted by atomic mass is 32.2. The second kappa shape index (κ2) is 7.43. The summed E-state index contributed by atoms with van der Waals surface area (Å²) in [4.78, 5) is 20.6. The van der Waals surface area contributed by atoms with E-state index in [2.05, 4.69) is 48.3 Å². The van der Waals surface area contributed by atoms with E-state index in [0.717, 1.165) is 43.6 Å². The molecule has 2 heterocycles. The maximum atomic E-state index is 12.8. The third-order valence-electron chi connectivity index (χ3n) is 4.91. The van der Waals surface area contributed by atoms with Crippen molar-refractivity contribution in [1.29, 1.82) is 0 Å². The Morgan fingerprint density at radius 1 is 1.27 bits per heavy atom. The predicted octanol–water partition coefficient (Wildman–Crippen LogP) is 4.35. The molecule has 1 aliphatic carbocycles. The number of carbonyl (C=O) groups excluding carboxylic acids is 1. The standard InChI is InChI=1S/C20H25N3O2S/c1-13(2)26-16-9-5-14(6-10-16)12-18(24)23-11-3-4-17(23)20-21-19(22-25-20)15-7-8-15/h5-6,9-10,13,15,17H,3-4,7-8,11-12H2,1-2H3. The molecule has 2 aliphatic rings. The van der Waals surface area contributed by atoms with Crippen LogP contribution in [0.15, 0.2) is 33.7 Å². The van der Waals surface area contributed by atoms with Gasteiger partial charge >= 0.3 is 0 Å². The largest absolute Gasteiger partial charge is 0.337 e. The van der Waals surface area contributed by atoms with Crippen LogP contribution in [0.2, 0.25) is 0 Å². The minimum Gasteiger partial charge on any atom is -0.337 e. The number of benzene rings is 1. The van der Waals surface area contributed by atoms with Gasteiger partial charge < -0.3 is 9.42 Å². The van der Waals surface area contributed by atoms with E-state index in [1.807, 2.05) is 16.7 Å². The van der Waals surface area contributed by atoms with E-state index in [1.165, 1.54) is 4.90 Å². The average molecular weight is 372 g/mol. The molecule has 26 heavy (non-hydrogen) atoms. The highest BCUT2D eigenvalue weighted by molar-refractivity contribution is 7.99.